The molecule has 0 aliphatic heterocycles. The first-order chi connectivity index (χ1) is 8.07. The van der Waals surface area contributed by atoms with E-state index in [1.54, 1.807) is 18.9 Å². The Hall–Kier alpha value is -1.06. The number of para-hydroxylation sites is 1. The van der Waals surface area contributed by atoms with E-state index in [-0.39, 0.29) is 5.91 Å². The van der Waals surface area contributed by atoms with Crippen LogP contribution in [0.1, 0.15) is 12.5 Å². The van der Waals surface area contributed by atoms with Gasteiger partial charge in [-0.3, -0.25) is 4.79 Å². The summed E-state index contributed by atoms with van der Waals surface area (Å²) in [4.78, 5) is 13.7. The minimum atomic E-state index is -0.536. The lowest BCUT2D eigenvalue weighted by Crippen LogP contribution is -2.38. The van der Waals surface area contributed by atoms with Gasteiger partial charge in [0, 0.05) is 19.3 Å². The van der Waals surface area contributed by atoms with E-state index < -0.39 is 5.38 Å². The molecule has 1 atom stereocenters. The molecule has 0 spiro atoms. The van der Waals surface area contributed by atoms with Crippen molar-refractivity contribution < 1.29 is 9.53 Å². The molecule has 0 N–H and O–H groups in total. The smallest absolute Gasteiger partial charge is 0.244 e. The SMILES string of the molecule is COCCN(C(=O)C(C)Cl)c1ccccc1C. The van der Waals surface area contributed by atoms with Crippen LogP contribution in [0.4, 0.5) is 5.69 Å². The van der Waals surface area contributed by atoms with Gasteiger partial charge in [0.1, 0.15) is 5.38 Å². The van der Waals surface area contributed by atoms with Crippen molar-refractivity contribution in [3.8, 4) is 0 Å². The van der Waals surface area contributed by atoms with Crippen molar-refractivity contribution >= 4 is 23.2 Å². The van der Waals surface area contributed by atoms with E-state index in [1.165, 1.54) is 0 Å². The molecule has 0 saturated heterocycles. The molecular weight excluding hydrogens is 238 g/mol. The quantitative estimate of drug-likeness (QED) is 0.757. The number of rotatable bonds is 5. The molecule has 17 heavy (non-hydrogen) atoms. The van der Waals surface area contributed by atoms with Gasteiger partial charge in [-0.2, -0.15) is 0 Å². The molecule has 0 aromatic heterocycles. The second kappa shape index (κ2) is 6.62. The van der Waals surface area contributed by atoms with Gasteiger partial charge in [0.05, 0.1) is 6.61 Å². The summed E-state index contributed by atoms with van der Waals surface area (Å²) in [5, 5.41) is -0.536. The molecule has 0 radical (unpaired) electrons. The number of amides is 1. The number of carbonyl (C=O) groups excluding carboxylic acids is 1. The fourth-order valence-corrected chi connectivity index (χ4v) is 1.73. The standard InChI is InChI=1S/C13H18ClNO2/c1-10-6-4-5-7-12(10)15(8-9-17-3)13(16)11(2)14/h4-7,11H,8-9H2,1-3H3. The molecule has 1 aromatic rings. The molecular formula is C13H18ClNO2. The number of methoxy groups -OCH3 is 1. The number of aryl methyl sites for hydroxylation is 1. The summed E-state index contributed by atoms with van der Waals surface area (Å²) in [5.74, 6) is -0.0991. The predicted octanol–water partition coefficient (Wildman–Crippen LogP) is 2.60. The zero-order chi connectivity index (χ0) is 12.8. The van der Waals surface area contributed by atoms with Gasteiger partial charge in [-0.05, 0) is 25.5 Å². The Morgan fingerprint density at radius 3 is 2.65 bits per heavy atom. The number of nitrogens with zero attached hydrogens (tertiary/aromatic N) is 1. The summed E-state index contributed by atoms with van der Waals surface area (Å²) < 4.78 is 5.03. The Kier molecular flexibility index (Phi) is 5.45. The summed E-state index contributed by atoms with van der Waals surface area (Å²) in [6.45, 7) is 4.66. The number of halogens is 1. The van der Waals surface area contributed by atoms with Crippen molar-refractivity contribution in [2.24, 2.45) is 0 Å². The van der Waals surface area contributed by atoms with Crippen LogP contribution in [0, 0.1) is 6.92 Å². The maximum absolute atomic E-state index is 12.0. The Bertz CT molecular complexity index is 379. The van der Waals surface area contributed by atoms with Gasteiger partial charge in [0.2, 0.25) is 5.91 Å². The third kappa shape index (κ3) is 3.72. The minimum Gasteiger partial charge on any atom is -0.383 e. The molecule has 0 fully saturated rings. The lowest BCUT2D eigenvalue weighted by molar-refractivity contribution is -0.118. The van der Waals surface area contributed by atoms with Gasteiger partial charge in [-0.15, -0.1) is 11.6 Å². The van der Waals surface area contributed by atoms with E-state index >= 15 is 0 Å². The fraction of sp³-hybridized carbons (Fsp3) is 0.462. The van der Waals surface area contributed by atoms with Gasteiger partial charge < -0.3 is 9.64 Å². The maximum Gasteiger partial charge on any atom is 0.244 e. The van der Waals surface area contributed by atoms with E-state index in [0.717, 1.165) is 11.3 Å². The van der Waals surface area contributed by atoms with Gasteiger partial charge in [-0.25, -0.2) is 0 Å². The van der Waals surface area contributed by atoms with Crippen LogP contribution >= 0.6 is 11.6 Å². The molecule has 0 saturated carbocycles. The normalized spacial score (nSPS) is 12.2. The third-order valence-electron chi connectivity index (χ3n) is 2.53. The summed E-state index contributed by atoms with van der Waals surface area (Å²) >= 11 is 5.87. The number of carbonyl (C=O) groups is 1. The summed E-state index contributed by atoms with van der Waals surface area (Å²) in [6, 6.07) is 7.75. The minimum absolute atomic E-state index is 0.0991. The Balaban J connectivity index is 2.98. The van der Waals surface area contributed by atoms with Gasteiger partial charge >= 0.3 is 0 Å². The highest BCUT2D eigenvalue weighted by atomic mass is 35.5. The molecule has 4 heteroatoms. The Morgan fingerprint density at radius 2 is 2.12 bits per heavy atom. The highest BCUT2D eigenvalue weighted by Crippen LogP contribution is 2.20. The van der Waals surface area contributed by atoms with Crippen molar-refractivity contribution in [1.29, 1.82) is 0 Å². The number of ether oxygens (including phenoxy) is 1. The first kappa shape index (κ1) is 14.0. The van der Waals surface area contributed by atoms with Crippen LogP contribution < -0.4 is 4.90 Å². The average Bonchev–Trinajstić information content (AvgIpc) is 2.31. The topological polar surface area (TPSA) is 29.5 Å². The maximum atomic E-state index is 12.0. The first-order valence-electron chi connectivity index (χ1n) is 5.58. The Morgan fingerprint density at radius 1 is 1.47 bits per heavy atom. The lowest BCUT2D eigenvalue weighted by Gasteiger charge is -2.25. The largest absolute Gasteiger partial charge is 0.383 e. The highest BCUT2D eigenvalue weighted by molar-refractivity contribution is 6.32. The molecule has 1 unspecified atom stereocenters. The van der Waals surface area contributed by atoms with E-state index in [1.807, 2.05) is 31.2 Å². The van der Waals surface area contributed by atoms with Crippen molar-refractivity contribution in [3.63, 3.8) is 0 Å². The summed E-state index contributed by atoms with van der Waals surface area (Å²) in [7, 11) is 1.62. The number of benzene rings is 1. The molecule has 1 rings (SSSR count). The van der Waals surface area contributed by atoms with Crippen LogP contribution in [-0.2, 0) is 9.53 Å². The van der Waals surface area contributed by atoms with Crippen molar-refractivity contribution in [2.45, 2.75) is 19.2 Å². The number of hydrogen-bond acceptors (Lipinski definition) is 2. The lowest BCUT2D eigenvalue weighted by atomic mass is 10.1. The van der Waals surface area contributed by atoms with Gasteiger partial charge in [0.25, 0.3) is 0 Å². The van der Waals surface area contributed by atoms with Crippen molar-refractivity contribution in [1.82, 2.24) is 0 Å². The van der Waals surface area contributed by atoms with E-state index in [9.17, 15) is 4.79 Å². The molecule has 94 valence electrons. The molecule has 0 heterocycles. The van der Waals surface area contributed by atoms with Gasteiger partial charge in [-0.1, -0.05) is 18.2 Å². The van der Waals surface area contributed by atoms with Crippen molar-refractivity contribution in [2.75, 3.05) is 25.2 Å². The highest BCUT2D eigenvalue weighted by Gasteiger charge is 2.20. The van der Waals surface area contributed by atoms with Crippen LogP contribution in [0.3, 0.4) is 0 Å². The molecule has 3 nitrogen and oxygen atoms in total. The fourth-order valence-electron chi connectivity index (χ4n) is 1.61. The molecule has 0 bridgehead atoms. The Labute approximate surface area is 107 Å². The average molecular weight is 256 g/mol. The second-order valence-corrected chi connectivity index (χ2v) is 4.54. The zero-order valence-corrected chi connectivity index (χ0v) is 11.2. The van der Waals surface area contributed by atoms with Crippen LogP contribution in [-0.4, -0.2) is 31.5 Å². The van der Waals surface area contributed by atoms with E-state index in [4.69, 9.17) is 16.3 Å². The molecule has 1 amide bonds. The van der Waals surface area contributed by atoms with Crippen LogP contribution in [0.15, 0.2) is 24.3 Å². The van der Waals surface area contributed by atoms with Crippen LogP contribution in [0.25, 0.3) is 0 Å². The number of alkyl halides is 1. The predicted molar refractivity (Wildman–Crippen MR) is 70.7 cm³/mol. The van der Waals surface area contributed by atoms with Gasteiger partial charge in [0.15, 0.2) is 0 Å². The van der Waals surface area contributed by atoms with Crippen molar-refractivity contribution in [3.05, 3.63) is 29.8 Å². The van der Waals surface area contributed by atoms with E-state index in [0.29, 0.717) is 13.2 Å². The molecule has 1 aromatic carbocycles. The van der Waals surface area contributed by atoms with E-state index in [2.05, 4.69) is 0 Å². The van der Waals surface area contributed by atoms with Crippen LogP contribution in [0.5, 0.6) is 0 Å². The monoisotopic (exact) mass is 255 g/mol. The summed E-state index contributed by atoms with van der Waals surface area (Å²) in [6.07, 6.45) is 0. The summed E-state index contributed by atoms with van der Waals surface area (Å²) in [5.41, 5.74) is 1.94. The molecule has 0 aliphatic rings. The second-order valence-electron chi connectivity index (χ2n) is 3.89. The third-order valence-corrected chi connectivity index (χ3v) is 2.72. The van der Waals surface area contributed by atoms with Crippen LogP contribution in [0.2, 0.25) is 0 Å². The molecule has 0 aliphatic carbocycles. The zero-order valence-electron chi connectivity index (χ0n) is 10.4. The number of anilines is 1. The number of hydrogen-bond donors (Lipinski definition) is 0. The first-order valence-corrected chi connectivity index (χ1v) is 6.01.